The largest absolute Gasteiger partial charge is 0.389 e. The zero-order valence-electron chi connectivity index (χ0n) is 23.3. The van der Waals surface area contributed by atoms with Gasteiger partial charge in [-0.2, -0.15) is 18.3 Å². The first-order valence-electron chi connectivity index (χ1n) is 14.1. The van der Waals surface area contributed by atoms with Gasteiger partial charge in [0.1, 0.15) is 11.3 Å². The molecule has 3 aromatic rings. The Kier molecular flexibility index (Phi) is 8.01. The molecule has 9 nitrogen and oxygen atoms in total. The number of primary amides is 1. The summed E-state index contributed by atoms with van der Waals surface area (Å²) in [4.78, 5) is 29.6. The molecular formula is C28H33F5N6O3. The molecule has 2 amide bonds. The number of nitrogens with two attached hydrogens (primary N) is 1. The summed E-state index contributed by atoms with van der Waals surface area (Å²) in [5.74, 6) is -5.05. The van der Waals surface area contributed by atoms with E-state index in [1.165, 1.54) is 10.7 Å². The number of halogens is 5. The molecular weight excluding hydrogens is 563 g/mol. The Morgan fingerprint density at radius 3 is 2.45 bits per heavy atom. The Balaban J connectivity index is 1.49. The van der Waals surface area contributed by atoms with Crippen LogP contribution in [-0.4, -0.2) is 43.7 Å². The maximum absolute atomic E-state index is 14.1. The second kappa shape index (κ2) is 11.3. The summed E-state index contributed by atoms with van der Waals surface area (Å²) in [6, 6.07) is 1.18. The van der Waals surface area contributed by atoms with E-state index in [-0.39, 0.29) is 54.7 Å². The van der Waals surface area contributed by atoms with Gasteiger partial charge in [0.2, 0.25) is 11.8 Å². The predicted octanol–water partition coefficient (Wildman–Crippen LogP) is 5.81. The van der Waals surface area contributed by atoms with Crippen molar-refractivity contribution < 1.29 is 36.1 Å². The molecule has 2 saturated carbocycles. The van der Waals surface area contributed by atoms with Gasteiger partial charge >= 0.3 is 6.18 Å². The summed E-state index contributed by atoms with van der Waals surface area (Å²) in [6.45, 7) is 3.64. The second-order valence-electron chi connectivity index (χ2n) is 11.8. The molecule has 0 bridgehead atoms. The van der Waals surface area contributed by atoms with E-state index in [0.717, 1.165) is 12.8 Å². The van der Waals surface area contributed by atoms with Gasteiger partial charge in [-0.05, 0) is 49.1 Å². The second-order valence-corrected chi connectivity index (χ2v) is 11.8. The number of nitrogens with one attached hydrogen (secondary N) is 1. The SMILES string of the molecule is CC(C)c1onc([C@H](c2cn3ncc([C@H](NC(=O)CCC(F)(F)F)C4CC4)cc3n2)C2CCC(F)(F)CC2)c1C(N)=O. The van der Waals surface area contributed by atoms with Gasteiger partial charge in [-0.1, -0.05) is 19.0 Å². The minimum Gasteiger partial charge on any atom is -0.365 e. The van der Waals surface area contributed by atoms with Crippen molar-refractivity contribution in [2.75, 3.05) is 0 Å². The zero-order valence-corrected chi connectivity index (χ0v) is 23.3. The number of aromatic nitrogens is 4. The summed E-state index contributed by atoms with van der Waals surface area (Å²) in [5, 5.41) is 11.3. The van der Waals surface area contributed by atoms with Crippen LogP contribution < -0.4 is 11.1 Å². The van der Waals surface area contributed by atoms with E-state index in [4.69, 9.17) is 15.2 Å². The number of imidazole rings is 1. The van der Waals surface area contributed by atoms with E-state index in [1.807, 2.05) is 13.8 Å². The molecule has 2 fully saturated rings. The molecule has 3 N–H and O–H groups in total. The van der Waals surface area contributed by atoms with Gasteiger partial charge < -0.3 is 15.6 Å². The molecule has 3 heterocycles. The maximum Gasteiger partial charge on any atom is 0.389 e. The van der Waals surface area contributed by atoms with Gasteiger partial charge in [0.25, 0.3) is 5.91 Å². The van der Waals surface area contributed by atoms with Crippen LogP contribution in [0.5, 0.6) is 0 Å². The van der Waals surface area contributed by atoms with Crippen LogP contribution in [-0.2, 0) is 4.79 Å². The Labute approximate surface area is 238 Å². The number of alkyl halides is 5. The Bertz CT molecular complexity index is 1450. The molecule has 0 spiro atoms. The number of nitrogens with zero attached hydrogens (tertiary/aromatic N) is 4. The Morgan fingerprint density at radius 1 is 1.17 bits per heavy atom. The van der Waals surface area contributed by atoms with Gasteiger partial charge in [-0.25, -0.2) is 18.3 Å². The summed E-state index contributed by atoms with van der Waals surface area (Å²) >= 11 is 0. The van der Waals surface area contributed by atoms with Crippen LogP contribution >= 0.6 is 0 Å². The van der Waals surface area contributed by atoms with Crippen LogP contribution in [0.15, 0.2) is 23.0 Å². The van der Waals surface area contributed by atoms with Crippen molar-refractivity contribution in [2.24, 2.45) is 17.6 Å². The molecule has 42 heavy (non-hydrogen) atoms. The lowest BCUT2D eigenvalue weighted by Gasteiger charge is -2.32. The summed E-state index contributed by atoms with van der Waals surface area (Å²) in [5.41, 5.74) is 7.53. The van der Waals surface area contributed by atoms with E-state index in [2.05, 4.69) is 15.6 Å². The van der Waals surface area contributed by atoms with Crippen LogP contribution in [0.1, 0.15) is 116 Å². The molecule has 2 atom stereocenters. The molecule has 0 unspecified atom stereocenters. The van der Waals surface area contributed by atoms with Crippen molar-refractivity contribution in [2.45, 2.75) is 95.2 Å². The predicted molar refractivity (Wildman–Crippen MR) is 140 cm³/mol. The third kappa shape index (κ3) is 6.57. The number of fused-ring (bicyclic) bond motifs is 1. The van der Waals surface area contributed by atoms with Gasteiger partial charge in [0.05, 0.1) is 36.5 Å². The molecule has 2 aliphatic rings. The van der Waals surface area contributed by atoms with E-state index in [9.17, 15) is 31.5 Å². The highest BCUT2D eigenvalue weighted by atomic mass is 19.4. The van der Waals surface area contributed by atoms with Crippen molar-refractivity contribution in [3.05, 3.63) is 46.7 Å². The number of hydrogen-bond acceptors (Lipinski definition) is 6. The fourth-order valence-corrected chi connectivity index (χ4v) is 5.80. The van der Waals surface area contributed by atoms with Crippen molar-refractivity contribution in [3.63, 3.8) is 0 Å². The van der Waals surface area contributed by atoms with Gasteiger partial charge in [-0.15, -0.1) is 0 Å². The molecule has 5 rings (SSSR count). The molecule has 0 aliphatic heterocycles. The minimum absolute atomic E-state index is 0.0675. The summed E-state index contributed by atoms with van der Waals surface area (Å²) in [6.07, 6.45) is -1.83. The molecule has 0 saturated heterocycles. The summed E-state index contributed by atoms with van der Waals surface area (Å²) in [7, 11) is 0. The lowest BCUT2D eigenvalue weighted by molar-refractivity contribution is -0.144. The molecule has 228 valence electrons. The molecule has 3 aromatic heterocycles. The minimum atomic E-state index is -4.43. The van der Waals surface area contributed by atoms with E-state index >= 15 is 0 Å². The van der Waals surface area contributed by atoms with Crippen molar-refractivity contribution >= 4 is 17.5 Å². The maximum atomic E-state index is 14.1. The van der Waals surface area contributed by atoms with Crippen LogP contribution in [0.2, 0.25) is 0 Å². The number of rotatable bonds is 10. The average Bonchev–Trinajstić information content (AvgIpc) is 3.50. The molecule has 14 heteroatoms. The topological polar surface area (TPSA) is 128 Å². The third-order valence-electron chi connectivity index (χ3n) is 8.13. The highest BCUT2D eigenvalue weighted by molar-refractivity contribution is 5.95. The third-order valence-corrected chi connectivity index (χ3v) is 8.13. The van der Waals surface area contributed by atoms with Crippen molar-refractivity contribution in [3.8, 4) is 0 Å². The van der Waals surface area contributed by atoms with Gasteiger partial charge in [-0.3, -0.25) is 9.59 Å². The lowest BCUT2D eigenvalue weighted by Crippen LogP contribution is -2.30. The average molecular weight is 597 g/mol. The monoisotopic (exact) mass is 596 g/mol. The van der Waals surface area contributed by atoms with Crippen LogP contribution in [0.4, 0.5) is 22.0 Å². The fraction of sp³-hybridized carbons (Fsp3) is 0.607. The smallest absolute Gasteiger partial charge is 0.365 e. The number of carbonyl (C=O) groups is 2. The highest BCUT2D eigenvalue weighted by Crippen LogP contribution is 2.46. The first-order valence-corrected chi connectivity index (χ1v) is 14.1. The first kappa shape index (κ1) is 29.9. The first-order chi connectivity index (χ1) is 19.7. The highest BCUT2D eigenvalue weighted by Gasteiger charge is 2.42. The molecule has 0 aromatic carbocycles. The van der Waals surface area contributed by atoms with Crippen LogP contribution in [0.3, 0.4) is 0 Å². The fourth-order valence-electron chi connectivity index (χ4n) is 5.80. The van der Waals surface area contributed by atoms with E-state index in [0.29, 0.717) is 22.7 Å². The standard InChI is InChI=1S/C28H33F5N6O3/c1-14(2)25-22(26(34)41)24(38-42-25)21(15-5-8-27(29,30)9-6-15)18-13-39-19(36-18)11-17(12-35-39)23(16-3-4-16)37-20(40)7-10-28(31,32)33/h11-16,21,23H,3-10H2,1-2H3,(H2,34,41)(H,37,40)/t21-,23+/m0/s1. The van der Waals surface area contributed by atoms with E-state index < -0.39 is 48.7 Å². The summed E-state index contributed by atoms with van der Waals surface area (Å²) < 4.78 is 73.1. The van der Waals surface area contributed by atoms with Crippen LogP contribution in [0.25, 0.3) is 5.65 Å². The normalized spacial score (nSPS) is 19.2. The Hall–Kier alpha value is -3.58. The van der Waals surface area contributed by atoms with Crippen LogP contribution in [0, 0.1) is 11.8 Å². The van der Waals surface area contributed by atoms with Crippen molar-refractivity contribution in [1.29, 1.82) is 0 Å². The van der Waals surface area contributed by atoms with E-state index in [1.54, 1.807) is 12.3 Å². The number of amides is 2. The van der Waals surface area contributed by atoms with Gasteiger partial charge in [0, 0.05) is 25.2 Å². The quantitative estimate of drug-likeness (QED) is 0.285. The van der Waals surface area contributed by atoms with Crippen molar-refractivity contribution in [1.82, 2.24) is 25.1 Å². The zero-order chi connectivity index (χ0) is 30.4. The lowest BCUT2D eigenvalue weighted by atomic mass is 9.75. The number of carbonyl (C=O) groups excluding carboxylic acids is 2. The molecule has 0 radical (unpaired) electrons. The number of hydrogen-bond donors (Lipinski definition) is 2. The molecule has 2 aliphatic carbocycles. The Morgan fingerprint density at radius 2 is 1.86 bits per heavy atom. The van der Waals surface area contributed by atoms with Gasteiger partial charge in [0.15, 0.2) is 11.4 Å².